The van der Waals surface area contributed by atoms with Crippen LogP contribution >= 0.6 is 27.3 Å². The summed E-state index contributed by atoms with van der Waals surface area (Å²) in [6.45, 7) is 0.708. The van der Waals surface area contributed by atoms with Crippen molar-refractivity contribution < 1.29 is 4.79 Å². The smallest absolute Gasteiger partial charge is 0.255 e. The first-order valence-electron chi connectivity index (χ1n) is 5.85. The van der Waals surface area contributed by atoms with Crippen molar-refractivity contribution in [2.24, 2.45) is 0 Å². The molecule has 0 aliphatic heterocycles. The van der Waals surface area contributed by atoms with Crippen LogP contribution in [-0.2, 0) is 6.54 Å². The minimum absolute atomic E-state index is 0.00889. The zero-order valence-corrected chi connectivity index (χ0v) is 13.2. The summed E-state index contributed by atoms with van der Waals surface area (Å²) in [7, 11) is 3.52. The number of amides is 1. The monoisotopic (exact) mass is 338 g/mol. The van der Waals surface area contributed by atoms with Gasteiger partial charge in [0.15, 0.2) is 0 Å². The number of hydrogen-bond acceptors (Lipinski definition) is 3. The molecule has 0 spiro atoms. The Morgan fingerprint density at radius 3 is 2.74 bits per heavy atom. The van der Waals surface area contributed by atoms with E-state index in [4.69, 9.17) is 0 Å². The lowest BCUT2D eigenvalue weighted by Gasteiger charge is -2.15. The first-order chi connectivity index (χ1) is 9.08. The molecule has 2 aromatic rings. The van der Waals surface area contributed by atoms with Crippen LogP contribution in [0.3, 0.4) is 0 Å². The van der Waals surface area contributed by atoms with Crippen LogP contribution in [0.5, 0.6) is 0 Å². The van der Waals surface area contributed by atoms with Gasteiger partial charge in [-0.15, -0.1) is 11.3 Å². The number of hydrogen-bond donors (Lipinski definition) is 1. The van der Waals surface area contributed by atoms with E-state index in [9.17, 15) is 4.79 Å². The summed E-state index contributed by atoms with van der Waals surface area (Å²) in [5.41, 5.74) is 2.76. The highest BCUT2D eigenvalue weighted by Crippen LogP contribution is 2.22. The molecule has 5 heteroatoms. The van der Waals surface area contributed by atoms with Gasteiger partial charge in [-0.1, -0.05) is 12.1 Å². The maximum atomic E-state index is 12.1. The Morgan fingerprint density at radius 2 is 2.11 bits per heavy atom. The maximum Gasteiger partial charge on any atom is 0.255 e. The molecule has 100 valence electrons. The second-order valence-electron chi connectivity index (χ2n) is 4.36. The Hall–Kier alpha value is -1.33. The molecule has 1 amide bonds. The minimum atomic E-state index is 0.00889. The van der Waals surface area contributed by atoms with E-state index in [1.165, 1.54) is 5.56 Å². The SMILES string of the molecule is CN(C)C(=O)c1ccccc1NCc1csc(Br)c1. The number of nitrogens with zero attached hydrogens (tertiary/aromatic N) is 1. The lowest BCUT2D eigenvalue weighted by Crippen LogP contribution is -2.22. The fraction of sp³-hybridized carbons (Fsp3) is 0.214. The maximum absolute atomic E-state index is 12.1. The lowest BCUT2D eigenvalue weighted by atomic mass is 10.1. The summed E-state index contributed by atoms with van der Waals surface area (Å²) in [5, 5.41) is 5.41. The van der Waals surface area contributed by atoms with Crippen LogP contribution in [0.1, 0.15) is 15.9 Å². The van der Waals surface area contributed by atoms with Crippen LogP contribution < -0.4 is 5.32 Å². The van der Waals surface area contributed by atoms with Gasteiger partial charge in [-0.3, -0.25) is 4.79 Å². The fourth-order valence-corrected chi connectivity index (χ4v) is 2.91. The third-order valence-electron chi connectivity index (χ3n) is 2.67. The molecule has 0 aliphatic rings. The van der Waals surface area contributed by atoms with E-state index < -0.39 is 0 Å². The van der Waals surface area contributed by atoms with Gasteiger partial charge in [0.05, 0.1) is 9.35 Å². The molecular formula is C14H15BrN2OS. The summed E-state index contributed by atoms with van der Waals surface area (Å²) >= 11 is 5.10. The number of halogens is 1. The second-order valence-corrected chi connectivity index (χ2v) is 6.65. The first kappa shape index (κ1) is 14.1. The van der Waals surface area contributed by atoms with Crippen LogP contribution in [-0.4, -0.2) is 24.9 Å². The predicted molar refractivity (Wildman–Crippen MR) is 83.8 cm³/mol. The van der Waals surface area contributed by atoms with Crippen molar-refractivity contribution >= 4 is 38.9 Å². The van der Waals surface area contributed by atoms with Crippen LogP contribution in [0.25, 0.3) is 0 Å². The van der Waals surface area contributed by atoms with Gasteiger partial charge in [0.25, 0.3) is 5.91 Å². The molecule has 1 aromatic carbocycles. The number of carbonyl (C=O) groups is 1. The summed E-state index contributed by atoms with van der Waals surface area (Å²) in [4.78, 5) is 13.6. The van der Waals surface area contributed by atoms with Gasteiger partial charge in [0.2, 0.25) is 0 Å². The molecule has 0 bridgehead atoms. The first-order valence-corrected chi connectivity index (χ1v) is 7.52. The Bertz CT molecular complexity index is 580. The van der Waals surface area contributed by atoms with E-state index in [-0.39, 0.29) is 5.91 Å². The average molecular weight is 339 g/mol. The quantitative estimate of drug-likeness (QED) is 0.918. The molecule has 2 rings (SSSR count). The minimum Gasteiger partial charge on any atom is -0.380 e. The van der Waals surface area contributed by atoms with Gasteiger partial charge in [0.1, 0.15) is 0 Å². The molecule has 0 saturated heterocycles. The van der Waals surface area contributed by atoms with Gasteiger partial charge < -0.3 is 10.2 Å². The van der Waals surface area contributed by atoms with Crippen molar-refractivity contribution in [3.8, 4) is 0 Å². The van der Waals surface area contributed by atoms with Crippen molar-refractivity contribution in [2.75, 3.05) is 19.4 Å². The Kier molecular flexibility index (Phi) is 4.61. The molecule has 3 nitrogen and oxygen atoms in total. The van der Waals surface area contributed by atoms with E-state index in [1.807, 2.05) is 24.3 Å². The van der Waals surface area contributed by atoms with Crippen molar-refractivity contribution in [3.05, 3.63) is 50.6 Å². The molecule has 0 fully saturated rings. The van der Waals surface area contributed by atoms with E-state index in [0.29, 0.717) is 12.1 Å². The number of para-hydroxylation sites is 1. The molecule has 0 atom stereocenters. The van der Waals surface area contributed by atoms with Crippen molar-refractivity contribution in [1.82, 2.24) is 4.90 Å². The summed E-state index contributed by atoms with van der Waals surface area (Å²) < 4.78 is 1.11. The number of thiophene rings is 1. The van der Waals surface area contributed by atoms with Crippen molar-refractivity contribution in [3.63, 3.8) is 0 Å². The molecule has 1 heterocycles. The van der Waals surface area contributed by atoms with Gasteiger partial charge in [0, 0.05) is 26.3 Å². The number of nitrogens with one attached hydrogen (secondary N) is 1. The van der Waals surface area contributed by atoms with Crippen LogP contribution in [0, 0.1) is 0 Å². The summed E-state index contributed by atoms with van der Waals surface area (Å²) in [6.07, 6.45) is 0. The number of carbonyl (C=O) groups excluding carboxylic acids is 1. The zero-order chi connectivity index (χ0) is 13.8. The number of anilines is 1. The Balaban J connectivity index is 2.14. The third kappa shape index (κ3) is 3.58. The molecule has 0 saturated carbocycles. The molecular weight excluding hydrogens is 324 g/mol. The van der Waals surface area contributed by atoms with E-state index in [2.05, 4.69) is 32.7 Å². The number of benzene rings is 1. The van der Waals surface area contributed by atoms with Gasteiger partial charge >= 0.3 is 0 Å². The van der Waals surface area contributed by atoms with E-state index in [1.54, 1.807) is 30.3 Å². The second kappa shape index (κ2) is 6.21. The highest BCUT2D eigenvalue weighted by atomic mass is 79.9. The Morgan fingerprint density at radius 1 is 1.37 bits per heavy atom. The lowest BCUT2D eigenvalue weighted by molar-refractivity contribution is 0.0828. The highest BCUT2D eigenvalue weighted by molar-refractivity contribution is 9.11. The Labute approximate surface area is 125 Å². The normalized spacial score (nSPS) is 10.3. The largest absolute Gasteiger partial charge is 0.380 e. The van der Waals surface area contributed by atoms with Crippen LogP contribution in [0.4, 0.5) is 5.69 Å². The summed E-state index contributed by atoms with van der Waals surface area (Å²) in [6, 6.07) is 9.65. The van der Waals surface area contributed by atoms with Crippen LogP contribution in [0.2, 0.25) is 0 Å². The molecule has 0 aliphatic carbocycles. The molecule has 0 unspecified atom stereocenters. The predicted octanol–water partition coefficient (Wildman–Crippen LogP) is 3.82. The van der Waals surface area contributed by atoms with E-state index >= 15 is 0 Å². The van der Waals surface area contributed by atoms with Gasteiger partial charge in [-0.05, 0) is 45.1 Å². The topological polar surface area (TPSA) is 32.3 Å². The van der Waals surface area contributed by atoms with Crippen LogP contribution in [0.15, 0.2) is 39.5 Å². The van der Waals surface area contributed by atoms with Gasteiger partial charge in [-0.25, -0.2) is 0 Å². The standard InChI is InChI=1S/C14H15BrN2OS/c1-17(2)14(18)11-5-3-4-6-12(11)16-8-10-7-13(15)19-9-10/h3-7,9,16H,8H2,1-2H3. The average Bonchev–Trinajstić information content (AvgIpc) is 2.81. The fourth-order valence-electron chi connectivity index (χ4n) is 1.70. The molecule has 19 heavy (non-hydrogen) atoms. The molecule has 1 N–H and O–H groups in total. The number of rotatable bonds is 4. The molecule has 1 aromatic heterocycles. The highest BCUT2D eigenvalue weighted by Gasteiger charge is 2.12. The summed E-state index contributed by atoms with van der Waals surface area (Å²) in [5.74, 6) is 0.00889. The van der Waals surface area contributed by atoms with Gasteiger partial charge in [-0.2, -0.15) is 0 Å². The van der Waals surface area contributed by atoms with E-state index in [0.717, 1.165) is 9.47 Å². The zero-order valence-electron chi connectivity index (χ0n) is 10.8. The third-order valence-corrected chi connectivity index (χ3v) is 4.22. The molecule has 0 radical (unpaired) electrons. The van der Waals surface area contributed by atoms with Crippen molar-refractivity contribution in [2.45, 2.75) is 6.54 Å². The van der Waals surface area contributed by atoms with Crippen molar-refractivity contribution in [1.29, 1.82) is 0 Å².